The van der Waals surface area contributed by atoms with Gasteiger partial charge in [-0.2, -0.15) is 0 Å². The number of para-hydroxylation sites is 1. The smallest absolute Gasteiger partial charge is 0.279 e. The van der Waals surface area contributed by atoms with Crippen LogP contribution in [0.4, 0.5) is 5.69 Å². The normalized spacial score (nSPS) is 14.2. The highest BCUT2D eigenvalue weighted by atomic mass is 32.1. The number of rotatable bonds is 6. The maximum absolute atomic E-state index is 12.6. The summed E-state index contributed by atoms with van der Waals surface area (Å²) in [5.41, 5.74) is 3.13. The molecule has 0 spiro atoms. The lowest BCUT2D eigenvalue weighted by Gasteiger charge is -2.14. The summed E-state index contributed by atoms with van der Waals surface area (Å²) >= 11 is 1.64. The number of aryl methyl sites for hydroxylation is 3. The van der Waals surface area contributed by atoms with Gasteiger partial charge < -0.3 is 15.2 Å². The minimum absolute atomic E-state index is 0.0445. The van der Waals surface area contributed by atoms with Gasteiger partial charge in [-0.05, 0) is 42.9 Å². The molecule has 1 aromatic carbocycles. The number of fused-ring (bicyclic) bond motifs is 3. The van der Waals surface area contributed by atoms with E-state index in [1.165, 1.54) is 10.4 Å². The summed E-state index contributed by atoms with van der Waals surface area (Å²) in [4.78, 5) is 35.7. The standard InChI is InChI=1S/C21H24N4O2S/c1-3-13-7-4-5-9-15(13)22-18(26)12-25(2)11-17-23-20(27)19-14-8-6-10-16(14)28-21(19)24-17/h4-5,7,9H,3,6,8,10-12H2,1-2H3,(H,22,26)(H,23,24,27)/p+1. The first-order chi connectivity index (χ1) is 13.5. The number of quaternary nitrogens is 1. The summed E-state index contributed by atoms with van der Waals surface area (Å²) in [7, 11) is 1.93. The number of H-pyrrole nitrogens is 1. The number of thiophene rings is 1. The second-order valence-electron chi connectivity index (χ2n) is 7.42. The summed E-state index contributed by atoms with van der Waals surface area (Å²) in [5, 5.41) is 3.77. The van der Waals surface area contributed by atoms with Crippen LogP contribution in [0, 0.1) is 0 Å². The van der Waals surface area contributed by atoms with Crippen LogP contribution in [0.3, 0.4) is 0 Å². The summed E-state index contributed by atoms with van der Waals surface area (Å²) in [6, 6.07) is 7.85. The molecule has 0 fully saturated rings. The molecule has 7 heteroatoms. The van der Waals surface area contributed by atoms with Crippen LogP contribution in [0.2, 0.25) is 0 Å². The Balaban J connectivity index is 1.44. The number of anilines is 1. The Kier molecular flexibility index (Phi) is 5.28. The maximum atomic E-state index is 12.6. The molecular formula is C21H25N4O2S+. The number of carbonyl (C=O) groups excluding carboxylic acids is 1. The van der Waals surface area contributed by atoms with E-state index < -0.39 is 0 Å². The summed E-state index contributed by atoms with van der Waals surface area (Å²) in [6.45, 7) is 2.87. The maximum Gasteiger partial charge on any atom is 0.279 e. The zero-order valence-electron chi connectivity index (χ0n) is 16.2. The highest BCUT2D eigenvalue weighted by molar-refractivity contribution is 7.18. The first kappa shape index (κ1) is 18.8. The molecule has 1 unspecified atom stereocenters. The van der Waals surface area contributed by atoms with Crippen molar-refractivity contribution in [2.45, 2.75) is 39.2 Å². The van der Waals surface area contributed by atoms with Crippen LogP contribution in [-0.2, 0) is 30.6 Å². The number of aromatic amines is 1. The van der Waals surface area contributed by atoms with Crippen molar-refractivity contribution in [1.29, 1.82) is 0 Å². The Labute approximate surface area is 167 Å². The number of nitrogens with zero attached hydrogens (tertiary/aromatic N) is 1. The van der Waals surface area contributed by atoms with E-state index in [4.69, 9.17) is 0 Å². The molecule has 0 aliphatic heterocycles. The number of benzene rings is 1. The highest BCUT2D eigenvalue weighted by Crippen LogP contribution is 2.34. The van der Waals surface area contributed by atoms with Crippen molar-refractivity contribution in [1.82, 2.24) is 9.97 Å². The van der Waals surface area contributed by atoms with Crippen molar-refractivity contribution in [2.75, 3.05) is 18.9 Å². The average molecular weight is 398 g/mol. The van der Waals surface area contributed by atoms with Gasteiger partial charge in [0.2, 0.25) is 0 Å². The second-order valence-corrected chi connectivity index (χ2v) is 8.50. The molecule has 3 N–H and O–H groups in total. The lowest BCUT2D eigenvalue weighted by Crippen LogP contribution is -3.08. The minimum atomic E-state index is -0.0477. The van der Waals surface area contributed by atoms with Crippen LogP contribution in [-0.4, -0.2) is 29.5 Å². The first-order valence-electron chi connectivity index (χ1n) is 9.77. The van der Waals surface area contributed by atoms with Crippen LogP contribution in [0.5, 0.6) is 0 Å². The molecule has 0 saturated carbocycles. The fraction of sp³-hybridized carbons (Fsp3) is 0.381. The van der Waals surface area contributed by atoms with Crippen LogP contribution in [0.15, 0.2) is 29.1 Å². The first-order valence-corrected chi connectivity index (χ1v) is 10.6. The monoisotopic (exact) mass is 397 g/mol. The zero-order valence-corrected chi connectivity index (χ0v) is 17.0. The van der Waals surface area contributed by atoms with Gasteiger partial charge in [0.1, 0.15) is 11.4 Å². The van der Waals surface area contributed by atoms with Gasteiger partial charge in [0.15, 0.2) is 12.4 Å². The van der Waals surface area contributed by atoms with E-state index in [-0.39, 0.29) is 11.5 Å². The quantitative estimate of drug-likeness (QED) is 0.592. The van der Waals surface area contributed by atoms with E-state index in [9.17, 15) is 9.59 Å². The molecule has 3 aromatic rings. The number of carbonyl (C=O) groups is 1. The number of likely N-dealkylation sites (N-methyl/N-ethyl adjacent to an activating group) is 1. The third-order valence-electron chi connectivity index (χ3n) is 5.23. The van der Waals surface area contributed by atoms with Crippen LogP contribution >= 0.6 is 11.3 Å². The summed E-state index contributed by atoms with van der Waals surface area (Å²) < 4.78 is 0. The zero-order chi connectivity index (χ0) is 19.7. The predicted molar refractivity (Wildman–Crippen MR) is 112 cm³/mol. The molecule has 1 amide bonds. The van der Waals surface area contributed by atoms with Crippen molar-refractivity contribution < 1.29 is 9.69 Å². The van der Waals surface area contributed by atoms with Gasteiger partial charge in [-0.15, -0.1) is 11.3 Å². The topological polar surface area (TPSA) is 79.3 Å². The van der Waals surface area contributed by atoms with Crippen molar-refractivity contribution in [3.8, 4) is 0 Å². The van der Waals surface area contributed by atoms with Crippen molar-refractivity contribution in [3.05, 3.63) is 56.4 Å². The summed E-state index contributed by atoms with van der Waals surface area (Å²) in [6.07, 6.45) is 4.02. The largest absolute Gasteiger partial charge is 0.323 e. The van der Waals surface area contributed by atoms with Crippen molar-refractivity contribution in [2.24, 2.45) is 0 Å². The molecule has 1 atom stereocenters. The van der Waals surface area contributed by atoms with E-state index in [2.05, 4.69) is 22.2 Å². The van der Waals surface area contributed by atoms with Gasteiger partial charge in [-0.3, -0.25) is 9.59 Å². The number of hydrogen-bond acceptors (Lipinski definition) is 4. The molecular weight excluding hydrogens is 372 g/mol. The van der Waals surface area contributed by atoms with Gasteiger partial charge in [0, 0.05) is 10.6 Å². The van der Waals surface area contributed by atoms with Crippen LogP contribution < -0.4 is 15.8 Å². The molecule has 0 radical (unpaired) electrons. The molecule has 4 rings (SSSR count). The average Bonchev–Trinajstić information content (AvgIpc) is 3.22. The van der Waals surface area contributed by atoms with E-state index in [1.807, 2.05) is 31.3 Å². The number of nitrogens with one attached hydrogen (secondary N) is 3. The Bertz CT molecular complexity index is 1090. The third-order valence-corrected chi connectivity index (χ3v) is 6.41. The van der Waals surface area contributed by atoms with Gasteiger partial charge in [-0.25, -0.2) is 4.98 Å². The van der Waals surface area contributed by atoms with Crippen molar-refractivity contribution >= 4 is 33.1 Å². The Morgan fingerprint density at radius 2 is 2.14 bits per heavy atom. The molecule has 28 heavy (non-hydrogen) atoms. The number of aromatic nitrogens is 2. The fourth-order valence-corrected chi connectivity index (χ4v) is 5.18. The Hall–Kier alpha value is -2.51. The Morgan fingerprint density at radius 3 is 2.96 bits per heavy atom. The van der Waals surface area contributed by atoms with E-state index >= 15 is 0 Å². The lowest BCUT2D eigenvalue weighted by atomic mass is 10.1. The van der Waals surface area contributed by atoms with Crippen LogP contribution in [0.25, 0.3) is 10.2 Å². The van der Waals surface area contributed by atoms with Gasteiger partial charge >= 0.3 is 0 Å². The van der Waals surface area contributed by atoms with Crippen molar-refractivity contribution in [3.63, 3.8) is 0 Å². The van der Waals surface area contributed by atoms with Gasteiger partial charge in [0.25, 0.3) is 11.5 Å². The lowest BCUT2D eigenvalue weighted by molar-refractivity contribution is -0.885. The van der Waals surface area contributed by atoms with E-state index in [0.717, 1.165) is 52.1 Å². The Morgan fingerprint density at radius 1 is 1.32 bits per heavy atom. The third kappa shape index (κ3) is 3.72. The molecule has 2 aromatic heterocycles. The van der Waals surface area contributed by atoms with Gasteiger partial charge in [0.05, 0.1) is 12.4 Å². The minimum Gasteiger partial charge on any atom is -0.323 e. The van der Waals surface area contributed by atoms with E-state index in [1.54, 1.807) is 11.3 Å². The SMILES string of the molecule is CCc1ccccc1NC(=O)C[NH+](C)Cc1nc2sc3c(c2c(=O)[nH]1)CCC3. The van der Waals surface area contributed by atoms with E-state index in [0.29, 0.717) is 18.9 Å². The molecule has 1 aliphatic rings. The molecule has 146 valence electrons. The molecule has 0 bridgehead atoms. The van der Waals surface area contributed by atoms with Gasteiger partial charge in [-0.1, -0.05) is 25.1 Å². The highest BCUT2D eigenvalue weighted by Gasteiger charge is 2.22. The molecule has 1 aliphatic carbocycles. The van der Waals surface area contributed by atoms with Crippen LogP contribution in [0.1, 0.15) is 35.2 Å². The predicted octanol–water partition coefficient (Wildman–Crippen LogP) is 1.69. The molecule has 6 nitrogen and oxygen atoms in total. The molecule has 0 saturated heterocycles. The second kappa shape index (κ2) is 7.85. The number of amides is 1. The summed E-state index contributed by atoms with van der Waals surface area (Å²) in [5.74, 6) is 0.591. The number of hydrogen-bond donors (Lipinski definition) is 3. The fourth-order valence-electron chi connectivity index (χ4n) is 3.90. The molecule has 2 heterocycles.